The van der Waals surface area contributed by atoms with Crippen LogP contribution in [0.1, 0.15) is 5.56 Å². The Bertz CT molecular complexity index is 760. The van der Waals surface area contributed by atoms with Gasteiger partial charge in [0.05, 0.1) is 5.52 Å². The number of hydrogen-bond acceptors (Lipinski definition) is 1. The zero-order chi connectivity index (χ0) is 13.6. The van der Waals surface area contributed by atoms with Gasteiger partial charge in [-0.3, -0.25) is 0 Å². The molecule has 2 aromatic carbocycles. The molecule has 0 saturated carbocycles. The van der Waals surface area contributed by atoms with E-state index < -0.39 is 11.6 Å². The van der Waals surface area contributed by atoms with Crippen molar-refractivity contribution in [2.75, 3.05) is 0 Å². The lowest BCUT2D eigenvalue weighted by Crippen LogP contribution is -1.82. The van der Waals surface area contributed by atoms with E-state index in [4.69, 9.17) is 11.6 Å². The first-order chi connectivity index (χ1) is 9.02. The molecule has 0 radical (unpaired) electrons. The number of H-pyrrole nitrogens is 1. The third-order valence-corrected chi connectivity index (χ3v) is 3.04. The van der Waals surface area contributed by atoms with Crippen LogP contribution in [0, 0.1) is 18.6 Å². The molecular weight excluding hydrogens is 270 g/mol. The predicted molar refractivity (Wildman–Crippen MR) is 71.2 cm³/mol. The Hall–Kier alpha value is -1.94. The average Bonchev–Trinajstić information content (AvgIpc) is 2.71. The second-order valence-electron chi connectivity index (χ2n) is 4.39. The fourth-order valence-electron chi connectivity index (χ4n) is 2.05. The van der Waals surface area contributed by atoms with Crippen LogP contribution in [0.15, 0.2) is 30.3 Å². The maximum absolute atomic E-state index is 13.6. The molecule has 0 aliphatic heterocycles. The first-order valence-corrected chi connectivity index (χ1v) is 6.03. The summed E-state index contributed by atoms with van der Waals surface area (Å²) in [5, 5.41) is 0.571. The number of nitrogens with zero attached hydrogens (tertiary/aromatic N) is 1. The Morgan fingerprint density at radius 2 is 1.89 bits per heavy atom. The number of imidazole rings is 1. The Morgan fingerprint density at radius 3 is 2.63 bits per heavy atom. The van der Waals surface area contributed by atoms with Crippen molar-refractivity contribution < 1.29 is 8.78 Å². The van der Waals surface area contributed by atoms with Crippen LogP contribution in [0.2, 0.25) is 5.02 Å². The van der Waals surface area contributed by atoms with Crippen molar-refractivity contribution >= 4 is 22.6 Å². The van der Waals surface area contributed by atoms with Crippen molar-refractivity contribution in [3.63, 3.8) is 0 Å². The van der Waals surface area contributed by atoms with Gasteiger partial charge in [-0.2, -0.15) is 0 Å². The molecule has 0 saturated heterocycles. The van der Waals surface area contributed by atoms with Gasteiger partial charge in [0.15, 0.2) is 5.82 Å². The molecule has 0 fully saturated rings. The van der Waals surface area contributed by atoms with Crippen LogP contribution in [-0.4, -0.2) is 9.97 Å². The largest absolute Gasteiger partial charge is 0.338 e. The quantitative estimate of drug-likeness (QED) is 0.699. The summed E-state index contributed by atoms with van der Waals surface area (Å²) in [5.74, 6) is -0.858. The molecule has 0 atom stereocenters. The minimum atomic E-state index is -0.684. The monoisotopic (exact) mass is 278 g/mol. The summed E-state index contributed by atoms with van der Waals surface area (Å²) in [6.45, 7) is 1.90. The minimum absolute atomic E-state index is 0.119. The first-order valence-electron chi connectivity index (χ1n) is 5.65. The summed E-state index contributed by atoms with van der Waals surface area (Å²) in [4.78, 5) is 7.05. The second kappa shape index (κ2) is 4.31. The fourth-order valence-corrected chi connectivity index (χ4v) is 2.34. The smallest absolute Gasteiger partial charge is 0.153 e. The average molecular weight is 279 g/mol. The van der Waals surface area contributed by atoms with Gasteiger partial charge in [-0.1, -0.05) is 11.6 Å². The van der Waals surface area contributed by atoms with Crippen molar-refractivity contribution in [2.45, 2.75) is 6.92 Å². The van der Waals surface area contributed by atoms with Gasteiger partial charge in [-0.25, -0.2) is 13.8 Å². The van der Waals surface area contributed by atoms with Gasteiger partial charge in [0.25, 0.3) is 0 Å². The Balaban J connectivity index is 2.23. The second-order valence-corrected chi connectivity index (χ2v) is 4.82. The normalized spacial score (nSPS) is 11.2. The number of nitrogens with one attached hydrogen (secondary N) is 1. The van der Waals surface area contributed by atoms with E-state index in [1.807, 2.05) is 19.1 Å². The molecule has 1 aromatic heterocycles. The molecule has 0 amide bonds. The van der Waals surface area contributed by atoms with Crippen LogP contribution < -0.4 is 0 Å². The lowest BCUT2D eigenvalue weighted by atomic mass is 10.1. The number of hydrogen-bond donors (Lipinski definition) is 1. The van der Waals surface area contributed by atoms with Crippen LogP contribution in [0.25, 0.3) is 22.4 Å². The van der Waals surface area contributed by atoms with E-state index in [9.17, 15) is 8.78 Å². The van der Waals surface area contributed by atoms with Crippen molar-refractivity contribution in [1.82, 2.24) is 9.97 Å². The third-order valence-electron chi connectivity index (χ3n) is 2.82. The van der Waals surface area contributed by atoms with Gasteiger partial charge in [0.1, 0.15) is 17.2 Å². The highest BCUT2D eigenvalue weighted by molar-refractivity contribution is 6.30. The predicted octanol–water partition coefficient (Wildman–Crippen LogP) is 4.47. The summed E-state index contributed by atoms with van der Waals surface area (Å²) in [6.07, 6.45) is 0. The molecule has 0 bridgehead atoms. The van der Waals surface area contributed by atoms with Crippen molar-refractivity contribution in [2.24, 2.45) is 0 Å². The Morgan fingerprint density at radius 1 is 1.11 bits per heavy atom. The maximum atomic E-state index is 13.6. The van der Waals surface area contributed by atoms with Crippen LogP contribution in [0.4, 0.5) is 8.78 Å². The molecule has 1 heterocycles. The maximum Gasteiger partial charge on any atom is 0.153 e. The van der Waals surface area contributed by atoms with Gasteiger partial charge in [-0.05, 0) is 36.8 Å². The number of aromatic amines is 1. The van der Waals surface area contributed by atoms with Crippen LogP contribution in [-0.2, 0) is 0 Å². The number of halogens is 3. The number of fused-ring (bicyclic) bond motifs is 1. The standard InChI is InChI=1S/C14H9ClF2N2/c1-7-2-8(4-9(15)3-7)14-18-12-6-10(16)5-11(17)13(12)19-14/h2-6H,1H3,(H,18,19). The molecular formula is C14H9ClF2N2. The minimum Gasteiger partial charge on any atom is -0.338 e. The van der Waals surface area contributed by atoms with E-state index in [1.165, 1.54) is 6.07 Å². The molecule has 5 heteroatoms. The highest BCUT2D eigenvalue weighted by atomic mass is 35.5. The van der Waals surface area contributed by atoms with E-state index in [0.717, 1.165) is 17.2 Å². The van der Waals surface area contributed by atoms with E-state index in [2.05, 4.69) is 9.97 Å². The summed E-state index contributed by atoms with van der Waals surface area (Å²) in [5.41, 5.74) is 2.15. The van der Waals surface area contributed by atoms with E-state index in [-0.39, 0.29) is 5.52 Å². The topological polar surface area (TPSA) is 28.7 Å². The van der Waals surface area contributed by atoms with Crippen molar-refractivity contribution in [1.29, 1.82) is 0 Å². The van der Waals surface area contributed by atoms with Gasteiger partial charge in [-0.15, -0.1) is 0 Å². The summed E-state index contributed by atoms with van der Waals surface area (Å²) >= 11 is 5.98. The molecule has 0 aliphatic carbocycles. The lowest BCUT2D eigenvalue weighted by Gasteiger charge is -2.00. The third kappa shape index (κ3) is 2.19. The molecule has 3 rings (SSSR count). The Kier molecular flexibility index (Phi) is 2.75. The summed E-state index contributed by atoms with van der Waals surface area (Å²) < 4.78 is 26.7. The molecule has 0 spiro atoms. The Labute approximate surface area is 113 Å². The van der Waals surface area contributed by atoms with Crippen molar-refractivity contribution in [3.8, 4) is 11.4 Å². The number of aryl methyl sites for hydroxylation is 1. The zero-order valence-electron chi connectivity index (χ0n) is 9.97. The van der Waals surface area contributed by atoms with Crippen molar-refractivity contribution in [3.05, 3.63) is 52.6 Å². The van der Waals surface area contributed by atoms with Crippen LogP contribution in [0.5, 0.6) is 0 Å². The zero-order valence-corrected chi connectivity index (χ0v) is 10.7. The first kappa shape index (κ1) is 12.1. The van der Waals surface area contributed by atoms with Gasteiger partial charge in [0.2, 0.25) is 0 Å². The molecule has 3 aromatic rings. The van der Waals surface area contributed by atoms with Gasteiger partial charge < -0.3 is 4.98 Å². The van der Waals surface area contributed by atoms with Crippen LogP contribution in [0.3, 0.4) is 0 Å². The summed E-state index contributed by atoms with van der Waals surface area (Å²) in [7, 11) is 0. The molecule has 0 unspecified atom stereocenters. The van der Waals surface area contributed by atoms with Gasteiger partial charge >= 0.3 is 0 Å². The number of rotatable bonds is 1. The molecule has 19 heavy (non-hydrogen) atoms. The fraction of sp³-hybridized carbons (Fsp3) is 0.0714. The highest BCUT2D eigenvalue weighted by Gasteiger charge is 2.11. The highest BCUT2D eigenvalue weighted by Crippen LogP contribution is 2.26. The van der Waals surface area contributed by atoms with E-state index >= 15 is 0 Å². The molecule has 0 aliphatic rings. The number of aromatic nitrogens is 2. The SMILES string of the molecule is Cc1cc(Cl)cc(-c2nc3c(F)cc(F)cc3[nH]2)c1. The van der Waals surface area contributed by atoms with E-state index in [0.29, 0.717) is 16.4 Å². The van der Waals surface area contributed by atoms with Gasteiger partial charge in [0, 0.05) is 16.7 Å². The van der Waals surface area contributed by atoms with Crippen LogP contribution >= 0.6 is 11.6 Å². The molecule has 2 nitrogen and oxygen atoms in total. The molecule has 1 N–H and O–H groups in total. The summed E-state index contributed by atoms with van der Waals surface area (Å²) in [6, 6.07) is 7.44. The molecule has 96 valence electrons. The lowest BCUT2D eigenvalue weighted by molar-refractivity contribution is 0.591. The van der Waals surface area contributed by atoms with E-state index in [1.54, 1.807) is 6.07 Å². The number of benzene rings is 2.